The Morgan fingerprint density at radius 3 is 1.86 bits per heavy atom. The smallest absolute Gasteiger partial charge is 0.410 e. The summed E-state index contributed by atoms with van der Waals surface area (Å²) in [5, 5.41) is 0. The number of hydrogen-bond acceptors (Lipinski definition) is 5. The van der Waals surface area contributed by atoms with E-state index in [1.807, 2.05) is 20.8 Å². The van der Waals surface area contributed by atoms with Gasteiger partial charge < -0.3 is 19.3 Å². The van der Waals surface area contributed by atoms with Crippen LogP contribution in [0.3, 0.4) is 0 Å². The van der Waals surface area contributed by atoms with E-state index in [1.165, 1.54) is 10.5 Å². The number of hydrogen-bond donors (Lipinski definition) is 0. The standard InChI is InChI=1S/C11H19NO2.C10H16FNO3/c1-9-5-7-12(8-6-9)10(13)14-11(2,3)4;1-10(2,3)15-9(14)12-5-4-8(13)7(11)6-12/h5H,6-8H2,1-4H3;7H,4-6H2,1-3H3. The first-order chi connectivity index (χ1) is 13.2. The highest BCUT2D eigenvalue weighted by molar-refractivity contribution is 5.85. The van der Waals surface area contributed by atoms with Crippen LogP contribution < -0.4 is 0 Å². The number of carbonyl (C=O) groups excluding carboxylic acids is 3. The van der Waals surface area contributed by atoms with E-state index in [4.69, 9.17) is 9.47 Å². The lowest BCUT2D eigenvalue weighted by Crippen LogP contribution is -2.47. The van der Waals surface area contributed by atoms with E-state index in [9.17, 15) is 18.8 Å². The number of ether oxygens (including phenoxy) is 2. The minimum Gasteiger partial charge on any atom is -0.444 e. The van der Waals surface area contributed by atoms with Crippen molar-refractivity contribution in [3.63, 3.8) is 0 Å². The first-order valence-corrected chi connectivity index (χ1v) is 9.96. The Labute approximate surface area is 173 Å². The van der Waals surface area contributed by atoms with Crippen molar-refractivity contribution in [3.05, 3.63) is 11.6 Å². The Bertz CT molecular complexity index is 634. The van der Waals surface area contributed by atoms with Gasteiger partial charge in [0.2, 0.25) is 0 Å². The molecule has 0 bridgehead atoms. The van der Waals surface area contributed by atoms with Gasteiger partial charge in [-0.05, 0) is 54.9 Å². The van der Waals surface area contributed by atoms with Gasteiger partial charge in [0.25, 0.3) is 0 Å². The third-order valence-corrected chi connectivity index (χ3v) is 4.10. The number of rotatable bonds is 0. The second kappa shape index (κ2) is 10.1. The lowest BCUT2D eigenvalue weighted by molar-refractivity contribution is -0.127. The second-order valence-corrected chi connectivity index (χ2v) is 9.34. The fraction of sp³-hybridized carbons (Fsp3) is 0.762. The Kier molecular flexibility index (Phi) is 8.65. The third-order valence-electron chi connectivity index (χ3n) is 4.10. The van der Waals surface area contributed by atoms with E-state index < -0.39 is 29.3 Å². The summed E-state index contributed by atoms with van der Waals surface area (Å²) in [5.41, 5.74) is 0.363. The first kappa shape index (κ1) is 24.9. The molecular weight excluding hydrogens is 379 g/mol. The molecule has 1 fully saturated rings. The van der Waals surface area contributed by atoms with Crippen LogP contribution in [0.2, 0.25) is 0 Å². The zero-order valence-corrected chi connectivity index (χ0v) is 18.7. The maximum atomic E-state index is 13.0. The Morgan fingerprint density at radius 2 is 1.45 bits per heavy atom. The lowest BCUT2D eigenvalue weighted by atomic mass is 10.1. The summed E-state index contributed by atoms with van der Waals surface area (Å²) in [4.78, 5) is 36.9. The number of Topliss-reactive ketones (excluding diaryl/α,β-unsaturated/α-hetero) is 1. The predicted octanol–water partition coefficient (Wildman–Crippen LogP) is 4.11. The zero-order valence-electron chi connectivity index (χ0n) is 18.7. The van der Waals surface area contributed by atoms with Gasteiger partial charge in [0.15, 0.2) is 12.0 Å². The third kappa shape index (κ3) is 9.76. The van der Waals surface area contributed by atoms with Gasteiger partial charge in [-0.1, -0.05) is 11.6 Å². The fourth-order valence-corrected chi connectivity index (χ4v) is 2.54. The van der Waals surface area contributed by atoms with E-state index >= 15 is 0 Å². The number of likely N-dealkylation sites (tertiary alicyclic amines) is 1. The van der Waals surface area contributed by atoms with Gasteiger partial charge in [0.05, 0.1) is 6.54 Å². The first-order valence-electron chi connectivity index (χ1n) is 9.96. The average Bonchev–Trinajstić information content (AvgIpc) is 2.55. The number of carbonyl (C=O) groups is 3. The second-order valence-electron chi connectivity index (χ2n) is 9.34. The molecule has 2 heterocycles. The number of halogens is 1. The summed E-state index contributed by atoms with van der Waals surface area (Å²) in [6.45, 7) is 14.5. The lowest BCUT2D eigenvalue weighted by Gasteiger charge is -2.30. The van der Waals surface area contributed by atoms with Crippen LogP contribution >= 0.6 is 0 Å². The van der Waals surface area contributed by atoms with E-state index in [1.54, 1.807) is 25.7 Å². The maximum Gasteiger partial charge on any atom is 0.410 e. The number of alkyl halides is 1. The number of ketones is 1. The van der Waals surface area contributed by atoms with Crippen LogP contribution in [0, 0.1) is 0 Å². The number of nitrogens with zero attached hydrogens (tertiary/aromatic N) is 2. The van der Waals surface area contributed by atoms with Gasteiger partial charge in [0.1, 0.15) is 11.2 Å². The number of amides is 2. The van der Waals surface area contributed by atoms with Crippen molar-refractivity contribution in [2.24, 2.45) is 0 Å². The van der Waals surface area contributed by atoms with Crippen LogP contribution in [-0.4, -0.2) is 71.3 Å². The summed E-state index contributed by atoms with van der Waals surface area (Å²) in [6.07, 6.45) is 0.776. The Balaban J connectivity index is 0.000000291. The molecule has 2 amide bonds. The fourth-order valence-electron chi connectivity index (χ4n) is 2.54. The van der Waals surface area contributed by atoms with E-state index in [0.717, 1.165) is 13.0 Å². The minimum atomic E-state index is -1.56. The van der Waals surface area contributed by atoms with Crippen molar-refractivity contribution >= 4 is 18.0 Å². The van der Waals surface area contributed by atoms with Crippen molar-refractivity contribution in [1.82, 2.24) is 9.80 Å². The monoisotopic (exact) mass is 414 g/mol. The summed E-state index contributed by atoms with van der Waals surface area (Å²) in [6, 6.07) is 0. The van der Waals surface area contributed by atoms with Crippen molar-refractivity contribution in [3.8, 4) is 0 Å². The van der Waals surface area contributed by atoms with Crippen molar-refractivity contribution in [2.45, 2.75) is 78.7 Å². The molecule has 0 aromatic rings. The van der Waals surface area contributed by atoms with Gasteiger partial charge in [-0.15, -0.1) is 0 Å². The molecule has 0 saturated carbocycles. The van der Waals surface area contributed by atoms with Crippen LogP contribution in [0.15, 0.2) is 11.6 Å². The van der Waals surface area contributed by atoms with Crippen molar-refractivity contribution < 1.29 is 28.2 Å². The summed E-state index contributed by atoms with van der Waals surface area (Å²) in [5.74, 6) is -0.435. The molecule has 1 unspecified atom stereocenters. The van der Waals surface area contributed by atoms with E-state index in [0.29, 0.717) is 6.54 Å². The quantitative estimate of drug-likeness (QED) is 0.558. The zero-order chi connectivity index (χ0) is 22.4. The average molecular weight is 415 g/mol. The molecule has 166 valence electrons. The van der Waals surface area contributed by atoms with E-state index in [2.05, 4.69) is 13.0 Å². The van der Waals surface area contributed by atoms with Crippen LogP contribution in [0.1, 0.15) is 61.3 Å². The largest absolute Gasteiger partial charge is 0.444 e. The number of piperidine rings is 1. The summed E-state index contributed by atoms with van der Waals surface area (Å²) < 4.78 is 23.4. The van der Waals surface area contributed by atoms with Gasteiger partial charge in [0, 0.05) is 26.1 Å². The molecule has 8 heteroatoms. The maximum absolute atomic E-state index is 13.0. The highest BCUT2D eigenvalue weighted by atomic mass is 19.1. The molecule has 2 aliphatic rings. The molecule has 0 spiro atoms. The van der Waals surface area contributed by atoms with Crippen LogP contribution in [-0.2, 0) is 14.3 Å². The van der Waals surface area contributed by atoms with Gasteiger partial charge in [-0.3, -0.25) is 4.79 Å². The molecule has 2 rings (SSSR count). The highest BCUT2D eigenvalue weighted by Crippen LogP contribution is 2.16. The molecule has 7 nitrogen and oxygen atoms in total. The molecule has 0 aromatic heterocycles. The van der Waals surface area contributed by atoms with E-state index in [-0.39, 0.29) is 25.6 Å². The SMILES string of the molecule is CC(C)(C)OC(=O)N1CCC(=O)C(F)C1.CC1=CCN(C(=O)OC(C)(C)C)CC1. The van der Waals surface area contributed by atoms with Crippen molar-refractivity contribution in [2.75, 3.05) is 26.2 Å². The highest BCUT2D eigenvalue weighted by Gasteiger charge is 2.32. The molecule has 0 N–H and O–H groups in total. The van der Waals surface area contributed by atoms with Crippen LogP contribution in [0.5, 0.6) is 0 Å². The molecule has 29 heavy (non-hydrogen) atoms. The molecular formula is C21H35FN2O5. The molecule has 0 radical (unpaired) electrons. The molecule has 2 aliphatic heterocycles. The van der Waals surface area contributed by atoms with Gasteiger partial charge >= 0.3 is 12.2 Å². The Morgan fingerprint density at radius 1 is 0.966 bits per heavy atom. The molecule has 0 aliphatic carbocycles. The molecule has 0 aromatic carbocycles. The van der Waals surface area contributed by atoms with Gasteiger partial charge in [-0.2, -0.15) is 0 Å². The van der Waals surface area contributed by atoms with Crippen LogP contribution in [0.25, 0.3) is 0 Å². The summed E-state index contributed by atoms with van der Waals surface area (Å²) >= 11 is 0. The van der Waals surface area contributed by atoms with Crippen molar-refractivity contribution in [1.29, 1.82) is 0 Å². The topological polar surface area (TPSA) is 76.2 Å². The Hall–Kier alpha value is -2.12. The normalized spacial score (nSPS) is 20.3. The summed E-state index contributed by atoms with van der Waals surface area (Å²) in [7, 11) is 0. The minimum absolute atomic E-state index is 0.0699. The van der Waals surface area contributed by atoms with Crippen LogP contribution in [0.4, 0.5) is 14.0 Å². The van der Waals surface area contributed by atoms with Gasteiger partial charge in [-0.25, -0.2) is 14.0 Å². The predicted molar refractivity (Wildman–Crippen MR) is 109 cm³/mol. The molecule has 1 saturated heterocycles. The molecule has 1 atom stereocenters.